The van der Waals surface area contributed by atoms with E-state index in [1.165, 1.54) is 0 Å². The largest absolute Gasteiger partial charge is 0.368 e. The normalized spacial score (nSPS) is 9.44. The summed E-state index contributed by atoms with van der Waals surface area (Å²) in [6.07, 6.45) is -0.928. The predicted molar refractivity (Wildman–Crippen MR) is 64.8 cm³/mol. The lowest BCUT2D eigenvalue weighted by Gasteiger charge is -2.01. The number of aliphatic hydroxyl groups excluding tert-OH is 1. The SMILES string of the molecule is OC(O)Cc1ccccc1.c1ccccc1. The molecule has 0 bridgehead atoms. The number of aliphatic hydroxyl groups is 2. The summed E-state index contributed by atoms with van der Waals surface area (Å²) in [6, 6.07) is 21.4. The second-order valence-electron chi connectivity index (χ2n) is 3.33. The van der Waals surface area contributed by atoms with Gasteiger partial charge >= 0.3 is 0 Å². The molecule has 2 N–H and O–H groups in total. The fourth-order valence-electron chi connectivity index (χ4n) is 1.21. The molecule has 0 unspecified atom stereocenters. The first-order chi connectivity index (χ1) is 7.79. The zero-order chi connectivity index (χ0) is 11.6. The van der Waals surface area contributed by atoms with Crippen LogP contribution in [0.15, 0.2) is 66.7 Å². The van der Waals surface area contributed by atoms with Crippen molar-refractivity contribution in [2.75, 3.05) is 0 Å². The van der Waals surface area contributed by atoms with Crippen molar-refractivity contribution >= 4 is 0 Å². The summed E-state index contributed by atoms with van der Waals surface area (Å²) < 4.78 is 0. The second kappa shape index (κ2) is 7.63. The average Bonchev–Trinajstić information content (AvgIpc) is 2.32. The lowest BCUT2D eigenvalue weighted by atomic mass is 10.1. The number of benzene rings is 2. The number of rotatable bonds is 2. The summed E-state index contributed by atoms with van der Waals surface area (Å²) in [4.78, 5) is 0. The summed E-state index contributed by atoms with van der Waals surface area (Å²) in [6.45, 7) is 0. The van der Waals surface area contributed by atoms with Gasteiger partial charge < -0.3 is 10.2 Å². The summed E-state index contributed by atoms with van der Waals surface area (Å²) in [5.41, 5.74) is 0.942. The monoisotopic (exact) mass is 216 g/mol. The van der Waals surface area contributed by atoms with Gasteiger partial charge in [-0.15, -0.1) is 0 Å². The minimum absolute atomic E-state index is 0.306. The molecule has 0 heterocycles. The van der Waals surface area contributed by atoms with E-state index in [0.717, 1.165) is 5.56 Å². The van der Waals surface area contributed by atoms with Crippen molar-refractivity contribution in [1.82, 2.24) is 0 Å². The zero-order valence-corrected chi connectivity index (χ0v) is 9.03. The summed E-state index contributed by atoms with van der Waals surface area (Å²) in [5, 5.41) is 17.1. The van der Waals surface area contributed by atoms with E-state index in [-0.39, 0.29) is 0 Å². The van der Waals surface area contributed by atoms with Crippen molar-refractivity contribution in [1.29, 1.82) is 0 Å². The van der Waals surface area contributed by atoms with Crippen LogP contribution < -0.4 is 0 Å². The molecule has 2 aromatic carbocycles. The van der Waals surface area contributed by atoms with Crippen LogP contribution in [0, 0.1) is 0 Å². The fraction of sp³-hybridized carbons (Fsp3) is 0.143. The van der Waals surface area contributed by atoms with E-state index in [4.69, 9.17) is 10.2 Å². The standard InChI is InChI=1S/C8H10O2.C6H6/c9-8(10)6-7-4-2-1-3-5-7;1-2-4-6-5-3-1/h1-5,8-10H,6H2;1-6H. The summed E-state index contributed by atoms with van der Waals surface area (Å²) >= 11 is 0. The van der Waals surface area contributed by atoms with Crippen LogP contribution in [0.2, 0.25) is 0 Å². The fourth-order valence-corrected chi connectivity index (χ4v) is 1.21. The molecule has 2 rings (SSSR count). The molecule has 2 aromatic rings. The molecule has 0 aromatic heterocycles. The van der Waals surface area contributed by atoms with Crippen LogP contribution in [0.4, 0.5) is 0 Å². The minimum atomic E-state index is -1.23. The topological polar surface area (TPSA) is 40.5 Å². The molecule has 0 radical (unpaired) electrons. The van der Waals surface area contributed by atoms with Gasteiger partial charge in [0.05, 0.1) is 0 Å². The van der Waals surface area contributed by atoms with Crippen molar-refractivity contribution in [2.24, 2.45) is 0 Å². The molecule has 0 saturated carbocycles. The molecule has 0 amide bonds. The Morgan fingerprint density at radius 3 is 1.44 bits per heavy atom. The highest BCUT2D eigenvalue weighted by Crippen LogP contribution is 2.00. The van der Waals surface area contributed by atoms with Crippen LogP contribution in [-0.2, 0) is 6.42 Å². The van der Waals surface area contributed by atoms with E-state index in [1.807, 2.05) is 66.7 Å². The highest BCUT2D eigenvalue weighted by atomic mass is 16.5. The molecule has 16 heavy (non-hydrogen) atoms. The molecule has 0 saturated heterocycles. The molecule has 0 aliphatic heterocycles. The molecule has 0 atom stereocenters. The van der Waals surface area contributed by atoms with E-state index in [2.05, 4.69) is 0 Å². The molecule has 0 aliphatic rings. The van der Waals surface area contributed by atoms with Crippen molar-refractivity contribution in [3.63, 3.8) is 0 Å². The maximum atomic E-state index is 8.56. The number of hydrogen-bond donors (Lipinski definition) is 2. The Morgan fingerprint density at radius 1 is 0.688 bits per heavy atom. The van der Waals surface area contributed by atoms with Crippen LogP contribution in [0.25, 0.3) is 0 Å². The third-order valence-corrected chi connectivity index (χ3v) is 1.93. The van der Waals surface area contributed by atoms with Gasteiger partial charge in [0.15, 0.2) is 6.29 Å². The minimum Gasteiger partial charge on any atom is -0.368 e. The van der Waals surface area contributed by atoms with Crippen molar-refractivity contribution in [2.45, 2.75) is 12.7 Å². The third-order valence-electron chi connectivity index (χ3n) is 1.93. The van der Waals surface area contributed by atoms with Crippen LogP contribution in [0.1, 0.15) is 5.56 Å². The first-order valence-electron chi connectivity index (χ1n) is 5.19. The highest BCUT2D eigenvalue weighted by molar-refractivity contribution is 5.14. The van der Waals surface area contributed by atoms with E-state index < -0.39 is 6.29 Å². The lowest BCUT2D eigenvalue weighted by Crippen LogP contribution is -2.07. The number of hydrogen-bond acceptors (Lipinski definition) is 2. The third kappa shape index (κ3) is 5.96. The van der Waals surface area contributed by atoms with Gasteiger partial charge in [0.2, 0.25) is 0 Å². The van der Waals surface area contributed by atoms with Crippen LogP contribution >= 0.6 is 0 Å². The summed E-state index contributed by atoms with van der Waals surface area (Å²) in [5.74, 6) is 0. The van der Waals surface area contributed by atoms with Gasteiger partial charge in [-0.3, -0.25) is 0 Å². The Hall–Kier alpha value is -1.64. The van der Waals surface area contributed by atoms with Gasteiger partial charge in [0.25, 0.3) is 0 Å². The molecule has 0 aliphatic carbocycles. The molecular weight excluding hydrogens is 200 g/mol. The quantitative estimate of drug-likeness (QED) is 0.756. The maximum Gasteiger partial charge on any atom is 0.155 e. The Balaban J connectivity index is 0.000000181. The lowest BCUT2D eigenvalue weighted by molar-refractivity contribution is -0.0381. The van der Waals surface area contributed by atoms with Crippen LogP contribution in [0.3, 0.4) is 0 Å². The van der Waals surface area contributed by atoms with Gasteiger partial charge in [-0.1, -0.05) is 66.7 Å². The highest BCUT2D eigenvalue weighted by Gasteiger charge is 1.97. The predicted octanol–water partition coefficient (Wildman–Crippen LogP) is 2.23. The Kier molecular flexibility index (Phi) is 5.92. The molecule has 0 spiro atoms. The van der Waals surface area contributed by atoms with E-state index in [9.17, 15) is 0 Å². The van der Waals surface area contributed by atoms with Gasteiger partial charge in [-0.05, 0) is 5.56 Å². The van der Waals surface area contributed by atoms with Crippen molar-refractivity contribution < 1.29 is 10.2 Å². The zero-order valence-electron chi connectivity index (χ0n) is 9.03. The van der Waals surface area contributed by atoms with Gasteiger partial charge in [-0.2, -0.15) is 0 Å². The van der Waals surface area contributed by atoms with Crippen LogP contribution in [-0.4, -0.2) is 16.5 Å². The van der Waals surface area contributed by atoms with E-state index in [0.29, 0.717) is 6.42 Å². The molecular formula is C14H16O2. The van der Waals surface area contributed by atoms with E-state index in [1.54, 1.807) is 0 Å². The van der Waals surface area contributed by atoms with E-state index >= 15 is 0 Å². The maximum absolute atomic E-state index is 8.56. The Morgan fingerprint density at radius 2 is 1.06 bits per heavy atom. The second-order valence-corrected chi connectivity index (χ2v) is 3.33. The molecule has 2 nitrogen and oxygen atoms in total. The molecule has 2 heteroatoms. The first kappa shape index (κ1) is 12.4. The van der Waals surface area contributed by atoms with Gasteiger partial charge in [-0.25, -0.2) is 0 Å². The van der Waals surface area contributed by atoms with Crippen LogP contribution in [0.5, 0.6) is 0 Å². The van der Waals surface area contributed by atoms with Gasteiger partial charge in [0.1, 0.15) is 0 Å². The smallest absolute Gasteiger partial charge is 0.155 e. The van der Waals surface area contributed by atoms with Crippen molar-refractivity contribution in [3.8, 4) is 0 Å². The Bertz CT molecular complexity index is 330. The average molecular weight is 216 g/mol. The molecule has 0 fully saturated rings. The molecule has 84 valence electrons. The van der Waals surface area contributed by atoms with Gasteiger partial charge in [0, 0.05) is 6.42 Å². The van der Waals surface area contributed by atoms with Crippen molar-refractivity contribution in [3.05, 3.63) is 72.3 Å². The first-order valence-corrected chi connectivity index (χ1v) is 5.19. The Labute approximate surface area is 95.8 Å². The summed E-state index contributed by atoms with van der Waals surface area (Å²) in [7, 11) is 0.